The molecule has 2 fully saturated rings. The Balaban J connectivity index is 1.78. The van der Waals surface area contributed by atoms with Crippen LogP contribution in [0.5, 0.6) is 5.75 Å². The molecule has 0 bridgehead atoms. The number of nitrogens with one attached hydrogen (secondary N) is 2. The second kappa shape index (κ2) is 3.75. The van der Waals surface area contributed by atoms with Crippen molar-refractivity contribution in [2.45, 2.75) is 24.4 Å². The second-order valence-corrected chi connectivity index (χ2v) is 4.81. The van der Waals surface area contributed by atoms with Crippen LogP contribution in [0.1, 0.15) is 18.4 Å². The van der Waals surface area contributed by atoms with E-state index in [1.165, 1.54) is 18.4 Å². The summed E-state index contributed by atoms with van der Waals surface area (Å²) in [5.74, 6) is 0.956. The van der Waals surface area contributed by atoms with Crippen molar-refractivity contribution in [2.24, 2.45) is 0 Å². The molecule has 0 amide bonds. The zero-order chi connectivity index (χ0) is 11.0. The fourth-order valence-corrected chi connectivity index (χ4v) is 2.34. The van der Waals surface area contributed by atoms with Crippen LogP contribution in [0.25, 0.3) is 0 Å². The molecule has 0 radical (unpaired) electrons. The van der Waals surface area contributed by atoms with E-state index in [2.05, 4.69) is 28.8 Å². The first-order valence-corrected chi connectivity index (χ1v) is 5.95. The van der Waals surface area contributed by atoms with Gasteiger partial charge in [0.25, 0.3) is 0 Å². The van der Waals surface area contributed by atoms with Gasteiger partial charge in [-0.05, 0) is 30.5 Å². The van der Waals surface area contributed by atoms with Crippen molar-refractivity contribution in [1.29, 1.82) is 0 Å². The standard InChI is InChI=1S/C13H18N2O/c1-16-12-4-2-3-10(7-12)13(5-6-13)15-11-8-14-9-11/h2-4,7,11,14-15H,5-6,8-9H2,1H3. The Morgan fingerprint density at radius 3 is 2.75 bits per heavy atom. The summed E-state index contributed by atoms with van der Waals surface area (Å²) in [6.45, 7) is 2.21. The van der Waals surface area contributed by atoms with Gasteiger partial charge in [0.2, 0.25) is 0 Å². The maximum Gasteiger partial charge on any atom is 0.119 e. The maximum absolute atomic E-state index is 5.28. The molecular formula is C13H18N2O. The van der Waals surface area contributed by atoms with Gasteiger partial charge < -0.3 is 15.4 Å². The van der Waals surface area contributed by atoms with E-state index >= 15 is 0 Å². The molecule has 0 aromatic heterocycles. The minimum absolute atomic E-state index is 0.237. The van der Waals surface area contributed by atoms with Crippen LogP contribution < -0.4 is 15.4 Å². The summed E-state index contributed by atoms with van der Waals surface area (Å²) in [7, 11) is 1.72. The smallest absolute Gasteiger partial charge is 0.119 e. The highest BCUT2D eigenvalue weighted by atomic mass is 16.5. The van der Waals surface area contributed by atoms with Crippen LogP contribution in [0.3, 0.4) is 0 Å². The summed E-state index contributed by atoms with van der Waals surface area (Å²) in [6, 6.07) is 9.09. The highest BCUT2D eigenvalue weighted by molar-refractivity contribution is 5.37. The van der Waals surface area contributed by atoms with Crippen molar-refractivity contribution in [3.05, 3.63) is 29.8 Å². The van der Waals surface area contributed by atoms with Gasteiger partial charge >= 0.3 is 0 Å². The van der Waals surface area contributed by atoms with Gasteiger partial charge in [0, 0.05) is 24.7 Å². The van der Waals surface area contributed by atoms with Crippen molar-refractivity contribution in [3.63, 3.8) is 0 Å². The molecule has 1 saturated carbocycles. The highest BCUT2D eigenvalue weighted by Gasteiger charge is 2.46. The van der Waals surface area contributed by atoms with Crippen LogP contribution in [0.15, 0.2) is 24.3 Å². The number of benzene rings is 1. The second-order valence-electron chi connectivity index (χ2n) is 4.81. The van der Waals surface area contributed by atoms with Crippen LogP contribution >= 0.6 is 0 Å². The molecule has 3 heteroatoms. The van der Waals surface area contributed by atoms with E-state index in [1.54, 1.807) is 7.11 Å². The summed E-state index contributed by atoms with van der Waals surface area (Å²) in [5, 5.41) is 7.05. The molecule has 16 heavy (non-hydrogen) atoms. The monoisotopic (exact) mass is 218 g/mol. The van der Waals surface area contributed by atoms with Crippen molar-refractivity contribution in [1.82, 2.24) is 10.6 Å². The van der Waals surface area contributed by atoms with Gasteiger partial charge in [0.05, 0.1) is 7.11 Å². The quantitative estimate of drug-likeness (QED) is 0.798. The van der Waals surface area contributed by atoms with E-state index in [-0.39, 0.29) is 5.54 Å². The van der Waals surface area contributed by atoms with Crippen molar-refractivity contribution >= 4 is 0 Å². The molecule has 3 nitrogen and oxygen atoms in total. The molecule has 2 N–H and O–H groups in total. The fraction of sp³-hybridized carbons (Fsp3) is 0.538. The molecular weight excluding hydrogens is 200 g/mol. The van der Waals surface area contributed by atoms with Crippen molar-refractivity contribution < 1.29 is 4.74 Å². The Labute approximate surface area is 96.2 Å². The molecule has 1 aromatic carbocycles. The van der Waals surface area contributed by atoms with Gasteiger partial charge in [0.15, 0.2) is 0 Å². The molecule has 0 spiro atoms. The van der Waals surface area contributed by atoms with E-state index in [0.717, 1.165) is 18.8 Å². The van der Waals surface area contributed by atoms with E-state index < -0.39 is 0 Å². The highest BCUT2D eigenvalue weighted by Crippen LogP contribution is 2.46. The summed E-state index contributed by atoms with van der Waals surface area (Å²) < 4.78 is 5.28. The van der Waals surface area contributed by atoms with Crippen molar-refractivity contribution in [2.75, 3.05) is 20.2 Å². The average molecular weight is 218 g/mol. The van der Waals surface area contributed by atoms with Gasteiger partial charge in [-0.3, -0.25) is 0 Å². The largest absolute Gasteiger partial charge is 0.497 e. The summed E-state index contributed by atoms with van der Waals surface area (Å²) in [4.78, 5) is 0. The minimum Gasteiger partial charge on any atom is -0.497 e. The third-order valence-corrected chi connectivity index (χ3v) is 3.63. The maximum atomic E-state index is 5.28. The zero-order valence-corrected chi connectivity index (χ0v) is 9.62. The Morgan fingerprint density at radius 2 is 2.19 bits per heavy atom. The lowest BCUT2D eigenvalue weighted by molar-refractivity contribution is 0.318. The first kappa shape index (κ1) is 10.1. The van der Waals surface area contributed by atoms with Gasteiger partial charge in [-0.15, -0.1) is 0 Å². The van der Waals surface area contributed by atoms with Crippen LogP contribution in [-0.4, -0.2) is 26.2 Å². The van der Waals surface area contributed by atoms with E-state index in [0.29, 0.717) is 6.04 Å². The minimum atomic E-state index is 0.237. The zero-order valence-electron chi connectivity index (χ0n) is 9.62. The molecule has 0 unspecified atom stereocenters. The summed E-state index contributed by atoms with van der Waals surface area (Å²) in [5.41, 5.74) is 1.61. The predicted molar refractivity (Wildman–Crippen MR) is 63.7 cm³/mol. The molecule has 3 rings (SSSR count). The SMILES string of the molecule is COc1cccc(C2(NC3CNC3)CC2)c1. The van der Waals surface area contributed by atoms with E-state index in [4.69, 9.17) is 4.74 Å². The Morgan fingerprint density at radius 1 is 1.38 bits per heavy atom. The third-order valence-electron chi connectivity index (χ3n) is 3.63. The number of ether oxygens (including phenoxy) is 1. The molecule has 1 heterocycles. The first-order valence-electron chi connectivity index (χ1n) is 5.95. The predicted octanol–water partition coefficient (Wildman–Crippen LogP) is 1.25. The molecule has 1 aliphatic carbocycles. The summed E-state index contributed by atoms with van der Waals surface area (Å²) in [6.07, 6.45) is 2.49. The van der Waals surface area contributed by atoms with Gasteiger partial charge in [-0.25, -0.2) is 0 Å². The third kappa shape index (κ3) is 1.70. The van der Waals surface area contributed by atoms with Gasteiger partial charge in [-0.1, -0.05) is 12.1 Å². The van der Waals surface area contributed by atoms with Crippen LogP contribution in [0, 0.1) is 0 Å². The molecule has 1 saturated heterocycles. The average Bonchev–Trinajstić information content (AvgIpc) is 3.05. The normalized spacial score (nSPS) is 22.6. The Bertz CT molecular complexity index is 383. The Hall–Kier alpha value is -1.06. The first-order chi connectivity index (χ1) is 7.82. The number of hydrogen-bond acceptors (Lipinski definition) is 3. The molecule has 2 aliphatic rings. The lowest BCUT2D eigenvalue weighted by Gasteiger charge is -2.33. The van der Waals surface area contributed by atoms with E-state index in [9.17, 15) is 0 Å². The topological polar surface area (TPSA) is 33.3 Å². The molecule has 86 valence electrons. The van der Waals surface area contributed by atoms with Gasteiger partial charge in [-0.2, -0.15) is 0 Å². The number of hydrogen-bond donors (Lipinski definition) is 2. The van der Waals surface area contributed by atoms with Gasteiger partial charge in [0.1, 0.15) is 5.75 Å². The van der Waals surface area contributed by atoms with Crippen LogP contribution in [0.4, 0.5) is 0 Å². The number of rotatable bonds is 4. The van der Waals surface area contributed by atoms with E-state index in [1.807, 2.05) is 6.07 Å². The van der Waals surface area contributed by atoms with Crippen LogP contribution in [0.2, 0.25) is 0 Å². The van der Waals surface area contributed by atoms with Crippen molar-refractivity contribution in [3.8, 4) is 5.75 Å². The van der Waals surface area contributed by atoms with Crippen LogP contribution in [-0.2, 0) is 5.54 Å². The fourth-order valence-electron chi connectivity index (χ4n) is 2.34. The Kier molecular flexibility index (Phi) is 2.37. The number of methoxy groups -OCH3 is 1. The summed E-state index contributed by atoms with van der Waals surface area (Å²) >= 11 is 0. The lowest BCUT2D eigenvalue weighted by Crippen LogP contribution is -2.58. The molecule has 1 aromatic rings. The molecule has 0 atom stereocenters. The molecule has 1 aliphatic heterocycles. The lowest BCUT2D eigenvalue weighted by atomic mass is 10.0.